The van der Waals surface area contributed by atoms with Crippen molar-refractivity contribution in [2.45, 2.75) is 6.42 Å². The summed E-state index contributed by atoms with van der Waals surface area (Å²) in [6.07, 6.45) is 1.31. The van der Waals surface area contributed by atoms with E-state index >= 15 is 0 Å². The number of anilines is 1. The fourth-order valence-electron chi connectivity index (χ4n) is 3.68. The first-order valence-electron chi connectivity index (χ1n) is 7.70. The normalized spacial score (nSPS) is 24.5. The van der Waals surface area contributed by atoms with Crippen LogP contribution in [-0.2, 0) is 0 Å². The van der Waals surface area contributed by atoms with Crippen LogP contribution in [-0.4, -0.2) is 36.1 Å². The van der Waals surface area contributed by atoms with Gasteiger partial charge in [0.25, 0.3) is 5.69 Å². The van der Waals surface area contributed by atoms with Crippen molar-refractivity contribution < 1.29 is 4.92 Å². The SMILES string of the molecule is O=[N+]([O-])c1ccc2nc(N3CC4CNCC(C4)C3)ccc2c1. The monoisotopic (exact) mass is 298 g/mol. The first-order valence-corrected chi connectivity index (χ1v) is 7.70. The van der Waals surface area contributed by atoms with Crippen molar-refractivity contribution in [3.8, 4) is 0 Å². The standard InChI is InChI=1S/C16H18N4O2/c21-20(22)14-2-3-15-13(6-14)1-4-16(18-15)19-9-11-5-12(10-19)8-17-7-11/h1-4,6,11-12,17H,5,7-10H2. The van der Waals surface area contributed by atoms with Gasteiger partial charge in [0.05, 0.1) is 10.4 Å². The number of benzene rings is 1. The van der Waals surface area contributed by atoms with E-state index in [4.69, 9.17) is 4.98 Å². The van der Waals surface area contributed by atoms with Crippen molar-refractivity contribution in [1.82, 2.24) is 10.3 Å². The van der Waals surface area contributed by atoms with Crippen LogP contribution in [0.1, 0.15) is 6.42 Å². The van der Waals surface area contributed by atoms with Crippen molar-refractivity contribution in [3.63, 3.8) is 0 Å². The van der Waals surface area contributed by atoms with Gasteiger partial charge >= 0.3 is 0 Å². The number of non-ortho nitro benzene ring substituents is 1. The summed E-state index contributed by atoms with van der Waals surface area (Å²) in [7, 11) is 0. The van der Waals surface area contributed by atoms with E-state index in [0.29, 0.717) is 11.8 Å². The molecule has 2 bridgehead atoms. The van der Waals surface area contributed by atoms with Crippen molar-refractivity contribution in [1.29, 1.82) is 0 Å². The molecule has 22 heavy (non-hydrogen) atoms. The summed E-state index contributed by atoms with van der Waals surface area (Å²) in [5.41, 5.74) is 0.928. The van der Waals surface area contributed by atoms with Crippen LogP contribution in [0.25, 0.3) is 10.9 Å². The molecule has 2 saturated heterocycles. The van der Waals surface area contributed by atoms with E-state index < -0.39 is 0 Å². The van der Waals surface area contributed by atoms with Crippen LogP contribution in [0.3, 0.4) is 0 Å². The Labute approximate surface area is 128 Å². The number of nitro benzene ring substituents is 1. The minimum Gasteiger partial charge on any atom is -0.356 e. The van der Waals surface area contributed by atoms with Gasteiger partial charge in [0.2, 0.25) is 0 Å². The Morgan fingerprint density at radius 1 is 1.18 bits per heavy atom. The predicted octanol–water partition coefficient (Wildman–Crippen LogP) is 2.19. The van der Waals surface area contributed by atoms with Gasteiger partial charge in [-0.05, 0) is 49.5 Å². The molecule has 0 spiro atoms. The Morgan fingerprint density at radius 2 is 1.95 bits per heavy atom. The quantitative estimate of drug-likeness (QED) is 0.679. The molecule has 2 unspecified atom stereocenters. The summed E-state index contributed by atoms with van der Waals surface area (Å²) in [6.45, 7) is 4.25. The predicted molar refractivity (Wildman–Crippen MR) is 85.1 cm³/mol. The summed E-state index contributed by atoms with van der Waals surface area (Å²) < 4.78 is 0. The van der Waals surface area contributed by atoms with E-state index in [1.807, 2.05) is 12.1 Å². The number of nitrogens with zero attached hydrogens (tertiary/aromatic N) is 3. The molecular weight excluding hydrogens is 280 g/mol. The molecule has 6 heteroatoms. The fraction of sp³-hybridized carbons (Fsp3) is 0.438. The molecule has 2 aromatic rings. The zero-order chi connectivity index (χ0) is 15.1. The molecule has 2 aliphatic heterocycles. The number of nitro groups is 1. The smallest absolute Gasteiger partial charge is 0.270 e. The van der Waals surface area contributed by atoms with E-state index in [9.17, 15) is 10.1 Å². The van der Waals surface area contributed by atoms with Gasteiger partial charge in [0.15, 0.2) is 0 Å². The molecule has 1 N–H and O–H groups in total. The summed E-state index contributed by atoms with van der Waals surface area (Å²) in [5.74, 6) is 2.38. The lowest BCUT2D eigenvalue weighted by Gasteiger charge is -2.42. The number of fused-ring (bicyclic) bond motifs is 3. The highest BCUT2D eigenvalue weighted by molar-refractivity contribution is 5.82. The Kier molecular flexibility index (Phi) is 3.18. The third-order valence-electron chi connectivity index (χ3n) is 4.68. The molecule has 4 rings (SSSR count). The molecule has 2 atom stereocenters. The molecule has 0 amide bonds. The number of aromatic nitrogens is 1. The van der Waals surface area contributed by atoms with Crippen LogP contribution in [0.15, 0.2) is 30.3 Å². The van der Waals surface area contributed by atoms with Gasteiger partial charge in [-0.2, -0.15) is 0 Å². The molecule has 0 radical (unpaired) electrons. The summed E-state index contributed by atoms with van der Waals surface area (Å²) >= 11 is 0. The summed E-state index contributed by atoms with van der Waals surface area (Å²) in [5, 5.41) is 15.2. The minimum absolute atomic E-state index is 0.112. The van der Waals surface area contributed by atoms with E-state index in [0.717, 1.165) is 42.9 Å². The molecule has 114 valence electrons. The third kappa shape index (κ3) is 2.39. The molecule has 0 aliphatic carbocycles. The lowest BCUT2D eigenvalue weighted by molar-refractivity contribution is -0.384. The van der Waals surface area contributed by atoms with Gasteiger partial charge in [-0.1, -0.05) is 0 Å². The number of nitrogens with one attached hydrogen (secondary N) is 1. The molecule has 1 aromatic carbocycles. The highest BCUT2D eigenvalue weighted by Crippen LogP contribution is 2.29. The molecule has 6 nitrogen and oxygen atoms in total. The molecule has 3 heterocycles. The number of pyridine rings is 1. The van der Waals surface area contributed by atoms with E-state index in [-0.39, 0.29) is 10.6 Å². The second-order valence-corrected chi connectivity index (χ2v) is 6.33. The Hall–Kier alpha value is -2.21. The van der Waals surface area contributed by atoms with E-state index in [1.165, 1.54) is 12.5 Å². The van der Waals surface area contributed by atoms with Crippen LogP contribution in [0, 0.1) is 22.0 Å². The Morgan fingerprint density at radius 3 is 2.68 bits per heavy atom. The van der Waals surface area contributed by atoms with Gasteiger partial charge < -0.3 is 10.2 Å². The van der Waals surface area contributed by atoms with Crippen LogP contribution in [0.5, 0.6) is 0 Å². The molecular formula is C16H18N4O2. The van der Waals surface area contributed by atoms with Crippen LogP contribution in [0.2, 0.25) is 0 Å². The van der Waals surface area contributed by atoms with Crippen molar-refractivity contribution in [2.75, 3.05) is 31.1 Å². The van der Waals surface area contributed by atoms with Gasteiger partial charge in [0, 0.05) is 30.6 Å². The highest BCUT2D eigenvalue weighted by atomic mass is 16.6. The maximum absolute atomic E-state index is 10.8. The maximum atomic E-state index is 10.8. The second kappa shape index (κ2) is 5.21. The second-order valence-electron chi connectivity index (χ2n) is 6.33. The van der Waals surface area contributed by atoms with Crippen LogP contribution in [0.4, 0.5) is 11.5 Å². The number of hydrogen-bond donors (Lipinski definition) is 1. The van der Waals surface area contributed by atoms with Crippen LogP contribution >= 0.6 is 0 Å². The highest BCUT2D eigenvalue weighted by Gasteiger charge is 2.30. The largest absolute Gasteiger partial charge is 0.356 e. The van der Waals surface area contributed by atoms with Gasteiger partial charge in [0.1, 0.15) is 5.82 Å². The van der Waals surface area contributed by atoms with Crippen LogP contribution < -0.4 is 10.2 Å². The summed E-state index contributed by atoms with van der Waals surface area (Å²) in [6, 6.07) is 8.77. The lowest BCUT2D eigenvalue weighted by atomic mass is 9.86. The molecule has 1 aromatic heterocycles. The number of hydrogen-bond acceptors (Lipinski definition) is 5. The number of rotatable bonds is 2. The van der Waals surface area contributed by atoms with Gasteiger partial charge in [-0.25, -0.2) is 4.98 Å². The zero-order valence-corrected chi connectivity index (χ0v) is 12.2. The van der Waals surface area contributed by atoms with Crippen molar-refractivity contribution >= 4 is 22.4 Å². The zero-order valence-electron chi connectivity index (χ0n) is 12.2. The van der Waals surface area contributed by atoms with E-state index in [2.05, 4.69) is 10.2 Å². The average molecular weight is 298 g/mol. The average Bonchev–Trinajstić information content (AvgIpc) is 2.53. The van der Waals surface area contributed by atoms with Crippen molar-refractivity contribution in [3.05, 3.63) is 40.4 Å². The molecule has 2 aliphatic rings. The third-order valence-corrected chi connectivity index (χ3v) is 4.68. The molecule has 0 saturated carbocycles. The fourth-order valence-corrected chi connectivity index (χ4v) is 3.68. The molecule has 2 fully saturated rings. The van der Waals surface area contributed by atoms with E-state index in [1.54, 1.807) is 12.1 Å². The maximum Gasteiger partial charge on any atom is 0.270 e. The topological polar surface area (TPSA) is 71.3 Å². The minimum atomic E-state index is -0.369. The van der Waals surface area contributed by atoms with Gasteiger partial charge in [-0.3, -0.25) is 10.1 Å². The summed E-state index contributed by atoms with van der Waals surface area (Å²) in [4.78, 5) is 17.5. The van der Waals surface area contributed by atoms with Crippen molar-refractivity contribution in [2.24, 2.45) is 11.8 Å². The van der Waals surface area contributed by atoms with Gasteiger partial charge in [-0.15, -0.1) is 0 Å². The first-order chi connectivity index (χ1) is 10.7. The first kappa shape index (κ1) is 13.5. The Bertz CT molecular complexity index is 721. The Balaban J connectivity index is 1.65. The number of piperidine rings is 2. The lowest BCUT2D eigenvalue weighted by Crippen LogP contribution is -2.51.